The van der Waals surface area contributed by atoms with Crippen LogP contribution in [0.2, 0.25) is 0 Å². The largest absolute Gasteiger partial charge is 0.341 e. The van der Waals surface area contributed by atoms with Crippen molar-refractivity contribution in [1.82, 2.24) is 35.4 Å². The number of aromatic nitrogens is 5. The first-order chi connectivity index (χ1) is 21.6. The molecule has 2 atom stereocenters. The van der Waals surface area contributed by atoms with Gasteiger partial charge in [-0.1, -0.05) is 72.8 Å². The molecule has 0 amide bonds. The van der Waals surface area contributed by atoms with Crippen molar-refractivity contribution in [3.63, 3.8) is 0 Å². The van der Waals surface area contributed by atoms with E-state index < -0.39 is 0 Å². The number of pyridine rings is 1. The Bertz CT molecular complexity index is 1780. The molecule has 7 heteroatoms. The number of para-hydroxylation sites is 2. The maximum Gasteiger partial charge on any atom is 0.121 e. The Hall–Kier alpha value is -4.59. The molecule has 3 N–H and O–H groups in total. The molecule has 222 valence electrons. The van der Waals surface area contributed by atoms with Crippen LogP contribution in [-0.4, -0.2) is 30.0 Å². The minimum absolute atomic E-state index is 0.0628. The Balaban J connectivity index is 1.11. The van der Waals surface area contributed by atoms with Gasteiger partial charge in [-0.3, -0.25) is 15.0 Å². The molecule has 0 saturated heterocycles. The maximum absolute atomic E-state index is 4.93. The normalized spacial score (nSPS) is 15.5. The summed E-state index contributed by atoms with van der Waals surface area (Å²) in [5, 5.41) is 11.4. The monoisotopic (exact) mass is 581 g/mol. The third-order valence-electron chi connectivity index (χ3n) is 8.92. The van der Waals surface area contributed by atoms with E-state index in [1.165, 1.54) is 39.9 Å². The van der Waals surface area contributed by atoms with Crippen LogP contribution in [-0.2, 0) is 26.1 Å². The summed E-state index contributed by atoms with van der Waals surface area (Å²) < 4.78 is 0. The molecule has 3 aromatic carbocycles. The molecule has 0 saturated carbocycles. The van der Waals surface area contributed by atoms with Gasteiger partial charge in [0.15, 0.2) is 0 Å². The highest BCUT2D eigenvalue weighted by Gasteiger charge is 2.28. The third kappa shape index (κ3) is 5.94. The van der Waals surface area contributed by atoms with E-state index in [-0.39, 0.29) is 12.1 Å². The zero-order chi connectivity index (χ0) is 29.9. The predicted octanol–water partition coefficient (Wildman–Crippen LogP) is 7.26. The SMILES string of the molecule is Cc1n[nH]c(C)c1C(NCc1ccc(CN(Cc2nc3ccccc3[nH]2)C2CCCc3cccnc32)cc1)c1ccccc1. The number of imidazole rings is 1. The maximum atomic E-state index is 4.93. The summed E-state index contributed by atoms with van der Waals surface area (Å²) in [6, 6.07) is 32.6. The minimum Gasteiger partial charge on any atom is -0.341 e. The summed E-state index contributed by atoms with van der Waals surface area (Å²) in [6.07, 6.45) is 5.30. The first-order valence-corrected chi connectivity index (χ1v) is 15.6. The van der Waals surface area contributed by atoms with E-state index in [4.69, 9.17) is 9.97 Å². The molecular formula is C37H39N7. The van der Waals surface area contributed by atoms with Gasteiger partial charge in [0, 0.05) is 30.5 Å². The van der Waals surface area contributed by atoms with Gasteiger partial charge in [-0.2, -0.15) is 5.10 Å². The number of nitrogens with zero attached hydrogens (tertiary/aromatic N) is 4. The second-order valence-electron chi connectivity index (χ2n) is 12.0. The van der Waals surface area contributed by atoms with Crippen LogP contribution in [0.5, 0.6) is 0 Å². The zero-order valence-corrected chi connectivity index (χ0v) is 25.4. The van der Waals surface area contributed by atoms with E-state index in [1.807, 2.05) is 12.3 Å². The number of benzene rings is 3. The highest BCUT2D eigenvalue weighted by Crippen LogP contribution is 2.35. The first kappa shape index (κ1) is 28.2. The lowest BCUT2D eigenvalue weighted by Gasteiger charge is -2.34. The molecule has 2 unspecified atom stereocenters. The highest BCUT2D eigenvalue weighted by molar-refractivity contribution is 5.74. The highest BCUT2D eigenvalue weighted by atomic mass is 15.2. The van der Waals surface area contributed by atoms with Gasteiger partial charge in [-0.25, -0.2) is 4.98 Å². The third-order valence-corrected chi connectivity index (χ3v) is 8.92. The van der Waals surface area contributed by atoms with Gasteiger partial charge >= 0.3 is 0 Å². The summed E-state index contributed by atoms with van der Waals surface area (Å²) in [5.74, 6) is 0.992. The standard InChI is InChI=1S/C37H39N7/c1-25-35(26(2)43-42-25)37(30-10-4-3-5-11-30)39-22-27-17-19-28(20-18-27)23-44(24-34-40-31-14-6-7-15-32(31)41-34)33-16-8-12-29-13-9-21-38-36(29)33/h3-7,9-11,13-15,17-21,33,37,39H,8,12,16,22-24H2,1-2H3,(H,40,41)(H,42,43). The van der Waals surface area contributed by atoms with Crippen molar-refractivity contribution < 1.29 is 0 Å². The van der Waals surface area contributed by atoms with Gasteiger partial charge in [0.25, 0.3) is 0 Å². The van der Waals surface area contributed by atoms with Crippen molar-refractivity contribution in [3.05, 3.63) is 148 Å². The van der Waals surface area contributed by atoms with Gasteiger partial charge in [0.05, 0.1) is 41.0 Å². The molecular weight excluding hydrogens is 542 g/mol. The van der Waals surface area contributed by atoms with Gasteiger partial charge < -0.3 is 10.3 Å². The predicted molar refractivity (Wildman–Crippen MR) is 175 cm³/mol. The lowest BCUT2D eigenvalue weighted by Crippen LogP contribution is -2.31. The Morgan fingerprint density at radius 2 is 1.68 bits per heavy atom. The lowest BCUT2D eigenvalue weighted by atomic mass is 9.90. The van der Waals surface area contributed by atoms with Crippen molar-refractivity contribution in [2.24, 2.45) is 0 Å². The fourth-order valence-corrected chi connectivity index (χ4v) is 6.72. The quantitative estimate of drug-likeness (QED) is 0.159. The number of fused-ring (bicyclic) bond motifs is 2. The van der Waals surface area contributed by atoms with Crippen molar-refractivity contribution in [1.29, 1.82) is 0 Å². The second kappa shape index (κ2) is 12.6. The van der Waals surface area contributed by atoms with Crippen LogP contribution in [0.3, 0.4) is 0 Å². The minimum atomic E-state index is 0.0628. The van der Waals surface area contributed by atoms with Gasteiger partial charge in [-0.05, 0) is 73.6 Å². The summed E-state index contributed by atoms with van der Waals surface area (Å²) in [6.45, 7) is 6.49. The average Bonchev–Trinajstić information content (AvgIpc) is 3.63. The van der Waals surface area contributed by atoms with Crippen LogP contribution in [0, 0.1) is 13.8 Å². The van der Waals surface area contributed by atoms with Crippen LogP contribution in [0.25, 0.3) is 11.0 Å². The molecule has 0 spiro atoms. The number of nitrogens with one attached hydrogen (secondary N) is 3. The number of hydrogen-bond acceptors (Lipinski definition) is 5. The Morgan fingerprint density at radius 3 is 2.48 bits per heavy atom. The van der Waals surface area contributed by atoms with Crippen molar-refractivity contribution >= 4 is 11.0 Å². The molecule has 3 aromatic heterocycles. The Kier molecular flexibility index (Phi) is 8.05. The van der Waals surface area contributed by atoms with Crippen LogP contribution >= 0.6 is 0 Å². The van der Waals surface area contributed by atoms with E-state index in [1.54, 1.807) is 0 Å². The molecule has 1 aliphatic rings. The Morgan fingerprint density at radius 1 is 0.886 bits per heavy atom. The molecule has 0 aliphatic heterocycles. The molecule has 44 heavy (non-hydrogen) atoms. The summed E-state index contributed by atoms with van der Waals surface area (Å²) in [5.41, 5.74) is 11.8. The fraction of sp³-hybridized carbons (Fsp3) is 0.270. The molecule has 7 rings (SSSR count). The molecule has 3 heterocycles. The van der Waals surface area contributed by atoms with E-state index in [9.17, 15) is 0 Å². The summed E-state index contributed by atoms with van der Waals surface area (Å²) in [7, 11) is 0. The van der Waals surface area contributed by atoms with Gasteiger partial charge in [0.1, 0.15) is 5.82 Å². The van der Waals surface area contributed by atoms with Crippen LogP contribution in [0.4, 0.5) is 0 Å². The second-order valence-corrected chi connectivity index (χ2v) is 12.0. The number of hydrogen-bond donors (Lipinski definition) is 3. The molecule has 0 fully saturated rings. The molecule has 0 radical (unpaired) electrons. The van der Waals surface area contributed by atoms with E-state index in [0.29, 0.717) is 0 Å². The number of rotatable bonds is 10. The molecule has 0 bridgehead atoms. The van der Waals surface area contributed by atoms with E-state index in [2.05, 4.69) is 124 Å². The van der Waals surface area contributed by atoms with E-state index in [0.717, 1.165) is 60.7 Å². The number of H-pyrrole nitrogens is 2. The fourth-order valence-electron chi connectivity index (χ4n) is 6.72. The summed E-state index contributed by atoms with van der Waals surface area (Å²) in [4.78, 5) is 15.9. The Labute approximate surface area is 258 Å². The van der Waals surface area contributed by atoms with Gasteiger partial charge in [0.2, 0.25) is 0 Å². The molecule has 1 aliphatic carbocycles. The smallest absolute Gasteiger partial charge is 0.121 e. The topological polar surface area (TPSA) is 85.5 Å². The average molecular weight is 582 g/mol. The molecule has 6 aromatic rings. The van der Waals surface area contributed by atoms with Crippen molar-refractivity contribution in [3.8, 4) is 0 Å². The summed E-state index contributed by atoms with van der Waals surface area (Å²) >= 11 is 0. The van der Waals surface area contributed by atoms with Crippen LogP contribution < -0.4 is 5.32 Å². The van der Waals surface area contributed by atoms with Crippen molar-refractivity contribution in [2.75, 3.05) is 0 Å². The van der Waals surface area contributed by atoms with Crippen LogP contribution in [0.15, 0.2) is 97.2 Å². The van der Waals surface area contributed by atoms with Gasteiger partial charge in [-0.15, -0.1) is 0 Å². The first-order valence-electron chi connectivity index (χ1n) is 15.6. The van der Waals surface area contributed by atoms with E-state index >= 15 is 0 Å². The van der Waals surface area contributed by atoms with Crippen molar-refractivity contribution in [2.45, 2.75) is 64.8 Å². The molecule has 7 nitrogen and oxygen atoms in total. The lowest BCUT2D eigenvalue weighted by molar-refractivity contribution is 0.153. The number of aryl methyl sites for hydroxylation is 3. The zero-order valence-electron chi connectivity index (χ0n) is 25.4. The number of aromatic amines is 2. The van der Waals surface area contributed by atoms with Crippen LogP contribution in [0.1, 0.15) is 75.6 Å².